The summed E-state index contributed by atoms with van der Waals surface area (Å²) in [6, 6.07) is 12.1. The lowest BCUT2D eigenvalue weighted by Crippen LogP contribution is -2.51. The van der Waals surface area contributed by atoms with Crippen LogP contribution in [0.15, 0.2) is 42.5 Å². The fourth-order valence-corrected chi connectivity index (χ4v) is 3.30. The van der Waals surface area contributed by atoms with Crippen molar-refractivity contribution in [2.24, 2.45) is 0 Å². The van der Waals surface area contributed by atoms with Crippen LogP contribution >= 0.6 is 0 Å². The number of rotatable bonds is 4. The van der Waals surface area contributed by atoms with Crippen LogP contribution in [0.5, 0.6) is 11.5 Å². The molecule has 1 fully saturated rings. The first-order chi connectivity index (χ1) is 13.2. The monoisotopic (exact) mass is 371 g/mol. The Morgan fingerprint density at radius 3 is 2.44 bits per heavy atom. The fraction of sp³-hybridized carbons (Fsp3) is 0.350. The highest BCUT2D eigenvalue weighted by atomic mass is 19.1. The predicted octanol–water partition coefficient (Wildman–Crippen LogP) is 2.58. The molecule has 2 aromatic rings. The van der Waals surface area contributed by atoms with Gasteiger partial charge >= 0.3 is 6.03 Å². The molecular weight excluding hydrogens is 349 g/mol. The number of hydrogen-bond donors (Lipinski definition) is 1. The Kier molecular flexibility index (Phi) is 5.11. The average molecular weight is 371 g/mol. The number of hydrogen-bond acceptors (Lipinski definition) is 4. The average Bonchev–Trinajstić information content (AvgIpc) is 3.16. The maximum Gasteiger partial charge on any atom is 0.317 e. The van der Waals surface area contributed by atoms with Crippen LogP contribution in [0.3, 0.4) is 0 Å². The second-order valence-electron chi connectivity index (χ2n) is 6.74. The molecule has 1 N–H and O–H groups in total. The smallest absolute Gasteiger partial charge is 0.317 e. The number of carbonyl (C=O) groups is 1. The summed E-state index contributed by atoms with van der Waals surface area (Å²) in [5.74, 6) is 1.32. The molecule has 4 rings (SSSR count). The molecule has 27 heavy (non-hydrogen) atoms. The Hall–Kier alpha value is -2.80. The predicted molar refractivity (Wildman–Crippen MR) is 98.1 cm³/mol. The van der Waals surface area contributed by atoms with E-state index >= 15 is 0 Å². The summed E-state index contributed by atoms with van der Waals surface area (Å²) in [7, 11) is 0. The van der Waals surface area contributed by atoms with Gasteiger partial charge < -0.3 is 19.7 Å². The Morgan fingerprint density at radius 2 is 1.67 bits per heavy atom. The van der Waals surface area contributed by atoms with Gasteiger partial charge in [0.2, 0.25) is 6.79 Å². The van der Waals surface area contributed by atoms with Gasteiger partial charge in [-0.15, -0.1) is 0 Å². The topological polar surface area (TPSA) is 54.0 Å². The number of halogens is 1. The van der Waals surface area contributed by atoms with E-state index in [1.165, 1.54) is 17.7 Å². The van der Waals surface area contributed by atoms with Crippen molar-refractivity contribution in [3.63, 3.8) is 0 Å². The van der Waals surface area contributed by atoms with Crippen LogP contribution in [0.25, 0.3) is 0 Å². The minimum absolute atomic E-state index is 0.0814. The first kappa shape index (κ1) is 17.6. The van der Waals surface area contributed by atoms with Gasteiger partial charge in [0.15, 0.2) is 11.5 Å². The van der Waals surface area contributed by atoms with E-state index in [1.54, 1.807) is 12.1 Å². The Bertz CT molecular complexity index is 805. The third kappa shape index (κ3) is 4.31. The number of nitrogens with one attached hydrogen (secondary N) is 1. The van der Waals surface area contributed by atoms with Gasteiger partial charge in [-0.1, -0.05) is 18.2 Å². The van der Waals surface area contributed by atoms with Crippen LogP contribution in [-0.4, -0.2) is 48.8 Å². The summed E-state index contributed by atoms with van der Waals surface area (Å²) in [4.78, 5) is 16.5. The molecule has 0 bridgehead atoms. The SMILES string of the molecule is O=C(NCc1ccc(F)cc1)N1CCN(Cc2ccc3c(c2)OCO3)CC1. The maximum atomic E-state index is 12.9. The minimum Gasteiger partial charge on any atom is -0.454 e. The normalized spacial score (nSPS) is 16.4. The van der Waals surface area contributed by atoms with Gasteiger partial charge in [-0.3, -0.25) is 4.90 Å². The standard InChI is InChI=1S/C20H22FN3O3/c21-17-4-1-15(2-5-17)12-22-20(25)24-9-7-23(8-10-24)13-16-3-6-18-19(11-16)27-14-26-18/h1-6,11H,7-10,12-14H2,(H,22,25). The highest BCUT2D eigenvalue weighted by Gasteiger charge is 2.21. The number of urea groups is 1. The molecule has 142 valence electrons. The zero-order chi connectivity index (χ0) is 18.6. The highest BCUT2D eigenvalue weighted by molar-refractivity contribution is 5.74. The van der Waals surface area contributed by atoms with Crippen molar-refractivity contribution in [1.29, 1.82) is 0 Å². The molecule has 0 aliphatic carbocycles. The van der Waals surface area contributed by atoms with Gasteiger partial charge in [0.05, 0.1) is 0 Å². The minimum atomic E-state index is -0.274. The molecule has 0 saturated carbocycles. The van der Waals surface area contributed by atoms with Gasteiger partial charge in [-0.05, 0) is 35.4 Å². The Balaban J connectivity index is 1.23. The molecule has 0 atom stereocenters. The molecule has 0 unspecified atom stereocenters. The van der Waals surface area contributed by atoms with Crippen molar-refractivity contribution >= 4 is 6.03 Å². The van der Waals surface area contributed by atoms with Crippen LogP contribution in [-0.2, 0) is 13.1 Å². The third-order valence-electron chi connectivity index (χ3n) is 4.86. The lowest BCUT2D eigenvalue weighted by Gasteiger charge is -2.34. The molecule has 2 aliphatic rings. The number of ether oxygens (including phenoxy) is 2. The number of amides is 2. The van der Waals surface area contributed by atoms with Crippen molar-refractivity contribution in [3.8, 4) is 11.5 Å². The number of benzene rings is 2. The zero-order valence-corrected chi connectivity index (χ0v) is 15.0. The van der Waals surface area contributed by atoms with Crippen molar-refractivity contribution in [2.45, 2.75) is 13.1 Å². The van der Waals surface area contributed by atoms with E-state index in [0.717, 1.165) is 36.7 Å². The Morgan fingerprint density at radius 1 is 0.963 bits per heavy atom. The quantitative estimate of drug-likeness (QED) is 0.898. The molecule has 6 nitrogen and oxygen atoms in total. The fourth-order valence-electron chi connectivity index (χ4n) is 3.30. The summed E-state index contributed by atoms with van der Waals surface area (Å²) >= 11 is 0. The molecule has 2 aromatic carbocycles. The van der Waals surface area contributed by atoms with Crippen molar-refractivity contribution < 1.29 is 18.7 Å². The van der Waals surface area contributed by atoms with Crippen molar-refractivity contribution in [1.82, 2.24) is 15.1 Å². The zero-order valence-electron chi connectivity index (χ0n) is 15.0. The summed E-state index contributed by atoms with van der Waals surface area (Å²) in [5, 5.41) is 2.90. The number of nitrogens with zero attached hydrogens (tertiary/aromatic N) is 2. The van der Waals surface area contributed by atoms with E-state index in [-0.39, 0.29) is 18.6 Å². The largest absolute Gasteiger partial charge is 0.454 e. The van der Waals surface area contributed by atoms with Gasteiger partial charge in [0, 0.05) is 39.3 Å². The van der Waals surface area contributed by atoms with Gasteiger partial charge in [0.25, 0.3) is 0 Å². The molecule has 2 amide bonds. The van der Waals surface area contributed by atoms with Gasteiger partial charge in [0.1, 0.15) is 5.82 Å². The molecular formula is C20H22FN3O3. The van der Waals surface area contributed by atoms with E-state index in [4.69, 9.17) is 9.47 Å². The second-order valence-corrected chi connectivity index (χ2v) is 6.74. The number of carbonyl (C=O) groups excluding carboxylic acids is 1. The van der Waals surface area contributed by atoms with Gasteiger partial charge in [-0.2, -0.15) is 0 Å². The summed E-state index contributed by atoms with van der Waals surface area (Å²) in [6.45, 7) is 4.50. The number of fused-ring (bicyclic) bond motifs is 1. The molecule has 0 radical (unpaired) electrons. The maximum absolute atomic E-state index is 12.9. The molecule has 0 aromatic heterocycles. The van der Waals surface area contributed by atoms with Crippen LogP contribution in [0.1, 0.15) is 11.1 Å². The van der Waals surface area contributed by atoms with Crippen LogP contribution in [0.2, 0.25) is 0 Å². The van der Waals surface area contributed by atoms with Crippen molar-refractivity contribution in [3.05, 3.63) is 59.4 Å². The first-order valence-electron chi connectivity index (χ1n) is 9.05. The molecule has 0 spiro atoms. The Labute approximate surface area is 157 Å². The summed E-state index contributed by atoms with van der Waals surface area (Å²) in [5.41, 5.74) is 2.06. The van der Waals surface area contributed by atoms with Crippen LogP contribution in [0.4, 0.5) is 9.18 Å². The third-order valence-corrected chi connectivity index (χ3v) is 4.86. The lowest BCUT2D eigenvalue weighted by atomic mass is 10.1. The van der Waals surface area contributed by atoms with E-state index < -0.39 is 0 Å². The van der Waals surface area contributed by atoms with Crippen LogP contribution < -0.4 is 14.8 Å². The summed E-state index contributed by atoms with van der Waals surface area (Å²) in [6.07, 6.45) is 0. The van der Waals surface area contributed by atoms with E-state index in [9.17, 15) is 9.18 Å². The molecule has 2 heterocycles. The van der Waals surface area contributed by atoms with E-state index in [2.05, 4.69) is 16.3 Å². The first-order valence-corrected chi connectivity index (χ1v) is 9.05. The number of piperazine rings is 1. The lowest BCUT2D eigenvalue weighted by molar-refractivity contribution is 0.135. The molecule has 7 heteroatoms. The molecule has 2 aliphatic heterocycles. The second kappa shape index (κ2) is 7.84. The molecule has 1 saturated heterocycles. The van der Waals surface area contributed by atoms with Crippen molar-refractivity contribution in [2.75, 3.05) is 33.0 Å². The van der Waals surface area contributed by atoms with Gasteiger partial charge in [-0.25, -0.2) is 9.18 Å². The summed E-state index contributed by atoms with van der Waals surface area (Å²) < 4.78 is 23.7. The van der Waals surface area contributed by atoms with E-state index in [0.29, 0.717) is 19.6 Å². The van der Waals surface area contributed by atoms with E-state index in [1.807, 2.05) is 17.0 Å². The highest BCUT2D eigenvalue weighted by Crippen LogP contribution is 2.32. The van der Waals surface area contributed by atoms with Crippen LogP contribution in [0, 0.1) is 5.82 Å².